The van der Waals surface area contributed by atoms with E-state index in [1.165, 1.54) is 0 Å². The molecule has 0 amide bonds. The molecule has 4 rings (SSSR count). The summed E-state index contributed by atoms with van der Waals surface area (Å²) >= 11 is 3.41. The standard InChI is InChI=1S/C23H15BrO2/c24-21-12-6-16(7-13-21)14-20-15-22(26-23(20)25)19-10-8-18(9-11-19)17-4-2-1-3-5-17/h1-15H/b20-14+. The topological polar surface area (TPSA) is 26.3 Å². The summed E-state index contributed by atoms with van der Waals surface area (Å²) in [6, 6.07) is 26.0. The molecule has 1 heterocycles. The molecule has 0 aromatic heterocycles. The lowest BCUT2D eigenvalue weighted by atomic mass is 10.0. The SMILES string of the molecule is O=C1OC(c2ccc(-c3ccccc3)cc2)=C/C1=C\c1ccc(Br)cc1. The van der Waals surface area contributed by atoms with Crippen LogP contribution < -0.4 is 0 Å². The van der Waals surface area contributed by atoms with Gasteiger partial charge in [-0.2, -0.15) is 0 Å². The van der Waals surface area contributed by atoms with Crippen molar-refractivity contribution in [1.29, 1.82) is 0 Å². The zero-order valence-electron chi connectivity index (χ0n) is 13.9. The van der Waals surface area contributed by atoms with Crippen LogP contribution in [0.2, 0.25) is 0 Å². The molecule has 0 atom stereocenters. The van der Waals surface area contributed by atoms with Gasteiger partial charge in [-0.15, -0.1) is 0 Å². The summed E-state index contributed by atoms with van der Waals surface area (Å²) in [7, 11) is 0. The van der Waals surface area contributed by atoms with Gasteiger partial charge in [0.15, 0.2) is 0 Å². The first-order chi connectivity index (χ1) is 12.7. The van der Waals surface area contributed by atoms with Crippen molar-refractivity contribution < 1.29 is 9.53 Å². The third-order valence-electron chi connectivity index (χ3n) is 4.19. The molecule has 0 fully saturated rings. The van der Waals surface area contributed by atoms with Crippen LogP contribution in [0.4, 0.5) is 0 Å². The molecule has 126 valence electrons. The van der Waals surface area contributed by atoms with E-state index in [4.69, 9.17) is 4.74 Å². The third-order valence-corrected chi connectivity index (χ3v) is 4.72. The molecule has 26 heavy (non-hydrogen) atoms. The molecule has 0 saturated carbocycles. The van der Waals surface area contributed by atoms with Crippen LogP contribution in [0.5, 0.6) is 0 Å². The second kappa shape index (κ2) is 7.14. The van der Waals surface area contributed by atoms with Gasteiger partial charge in [0.05, 0.1) is 5.57 Å². The van der Waals surface area contributed by atoms with Gasteiger partial charge in [-0.3, -0.25) is 0 Å². The minimum Gasteiger partial charge on any atom is -0.422 e. The van der Waals surface area contributed by atoms with Crippen molar-refractivity contribution >= 4 is 33.7 Å². The first-order valence-electron chi connectivity index (χ1n) is 8.26. The number of halogens is 1. The van der Waals surface area contributed by atoms with Crippen LogP contribution in [0, 0.1) is 0 Å². The lowest BCUT2D eigenvalue weighted by molar-refractivity contribution is -0.130. The minimum absolute atomic E-state index is 0.324. The third kappa shape index (κ3) is 3.53. The number of hydrogen-bond donors (Lipinski definition) is 0. The number of hydrogen-bond acceptors (Lipinski definition) is 2. The van der Waals surface area contributed by atoms with E-state index in [2.05, 4.69) is 28.1 Å². The fraction of sp³-hybridized carbons (Fsp3) is 0. The minimum atomic E-state index is -0.324. The van der Waals surface area contributed by atoms with Crippen LogP contribution in [0.15, 0.2) is 95.0 Å². The summed E-state index contributed by atoms with van der Waals surface area (Å²) in [5.41, 5.74) is 4.68. The highest BCUT2D eigenvalue weighted by Gasteiger charge is 2.21. The monoisotopic (exact) mass is 402 g/mol. The van der Waals surface area contributed by atoms with Crippen molar-refractivity contribution in [3.63, 3.8) is 0 Å². The van der Waals surface area contributed by atoms with E-state index >= 15 is 0 Å². The van der Waals surface area contributed by atoms with Gasteiger partial charge in [0.1, 0.15) is 5.76 Å². The largest absolute Gasteiger partial charge is 0.422 e. The van der Waals surface area contributed by atoms with Crippen molar-refractivity contribution in [3.05, 3.63) is 106 Å². The van der Waals surface area contributed by atoms with E-state index in [9.17, 15) is 4.79 Å². The Bertz CT molecular complexity index is 998. The van der Waals surface area contributed by atoms with Crippen molar-refractivity contribution in [3.8, 4) is 11.1 Å². The van der Waals surface area contributed by atoms with Gasteiger partial charge >= 0.3 is 5.97 Å². The van der Waals surface area contributed by atoms with Crippen molar-refractivity contribution in [2.24, 2.45) is 0 Å². The van der Waals surface area contributed by atoms with Gasteiger partial charge in [0.25, 0.3) is 0 Å². The fourth-order valence-electron chi connectivity index (χ4n) is 2.83. The highest BCUT2D eigenvalue weighted by molar-refractivity contribution is 9.10. The maximum Gasteiger partial charge on any atom is 0.343 e. The molecule has 1 aliphatic heterocycles. The van der Waals surface area contributed by atoms with Gasteiger partial charge in [-0.25, -0.2) is 4.79 Å². The Morgan fingerprint density at radius 1 is 0.731 bits per heavy atom. The number of carbonyl (C=O) groups is 1. The number of benzene rings is 3. The van der Waals surface area contributed by atoms with E-state index in [1.807, 2.05) is 72.8 Å². The Morgan fingerprint density at radius 3 is 2.04 bits per heavy atom. The normalized spacial score (nSPS) is 15.0. The average Bonchev–Trinajstić information content (AvgIpc) is 3.05. The van der Waals surface area contributed by atoms with Gasteiger partial charge in [0.2, 0.25) is 0 Å². The first-order valence-corrected chi connectivity index (χ1v) is 9.05. The Labute approximate surface area is 160 Å². The van der Waals surface area contributed by atoms with E-state index in [-0.39, 0.29) is 5.97 Å². The maximum atomic E-state index is 12.2. The zero-order valence-corrected chi connectivity index (χ0v) is 15.4. The number of ether oxygens (including phenoxy) is 1. The van der Waals surface area contributed by atoms with Gasteiger partial charge in [0, 0.05) is 10.0 Å². The zero-order chi connectivity index (χ0) is 17.9. The molecule has 0 saturated heterocycles. The average molecular weight is 403 g/mol. The number of carbonyl (C=O) groups excluding carboxylic acids is 1. The van der Waals surface area contributed by atoms with Crippen LogP contribution in [0.1, 0.15) is 11.1 Å². The molecule has 1 aliphatic rings. The Balaban J connectivity index is 1.60. The highest BCUT2D eigenvalue weighted by Crippen LogP contribution is 2.29. The second-order valence-corrected chi connectivity index (χ2v) is 6.91. The van der Waals surface area contributed by atoms with Crippen LogP contribution in [0.25, 0.3) is 23.0 Å². The number of esters is 1. The van der Waals surface area contributed by atoms with Crippen LogP contribution in [0.3, 0.4) is 0 Å². The van der Waals surface area contributed by atoms with E-state index in [1.54, 1.807) is 6.08 Å². The molecule has 2 nitrogen and oxygen atoms in total. The first kappa shape index (κ1) is 16.6. The van der Waals surface area contributed by atoms with Crippen molar-refractivity contribution in [2.75, 3.05) is 0 Å². The smallest absolute Gasteiger partial charge is 0.343 e. The van der Waals surface area contributed by atoms with E-state index in [0.29, 0.717) is 11.3 Å². The predicted octanol–water partition coefficient (Wildman–Crippen LogP) is 6.10. The predicted molar refractivity (Wildman–Crippen MR) is 108 cm³/mol. The second-order valence-electron chi connectivity index (χ2n) is 5.99. The van der Waals surface area contributed by atoms with Crippen LogP contribution in [-0.2, 0) is 9.53 Å². The molecule has 0 radical (unpaired) electrons. The molecular formula is C23H15BrO2. The quantitative estimate of drug-likeness (QED) is 0.390. The van der Waals surface area contributed by atoms with E-state index < -0.39 is 0 Å². The van der Waals surface area contributed by atoms with Crippen molar-refractivity contribution in [1.82, 2.24) is 0 Å². The van der Waals surface area contributed by atoms with Gasteiger partial charge in [-0.1, -0.05) is 82.7 Å². The molecule has 3 aromatic rings. The summed E-state index contributed by atoms with van der Waals surface area (Å²) in [6.07, 6.45) is 3.63. The van der Waals surface area contributed by atoms with Crippen molar-refractivity contribution in [2.45, 2.75) is 0 Å². The summed E-state index contributed by atoms with van der Waals surface area (Å²) in [6.45, 7) is 0. The maximum absolute atomic E-state index is 12.2. The van der Waals surface area contributed by atoms with Gasteiger partial charge < -0.3 is 4.74 Å². The highest BCUT2D eigenvalue weighted by atomic mass is 79.9. The molecule has 0 spiro atoms. The lowest BCUT2D eigenvalue weighted by Gasteiger charge is -2.04. The number of rotatable bonds is 3. The molecule has 3 aromatic carbocycles. The van der Waals surface area contributed by atoms with Crippen LogP contribution >= 0.6 is 15.9 Å². The summed E-state index contributed by atoms with van der Waals surface area (Å²) in [5.74, 6) is 0.257. The lowest BCUT2D eigenvalue weighted by Crippen LogP contribution is -1.97. The molecule has 0 unspecified atom stereocenters. The summed E-state index contributed by atoms with van der Waals surface area (Å²) in [5, 5.41) is 0. The molecular weight excluding hydrogens is 388 g/mol. The Kier molecular flexibility index (Phi) is 4.55. The molecule has 0 bridgehead atoms. The fourth-order valence-corrected chi connectivity index (χ4v) is 3.09. The van der Waals surface area contributed by atoms with Gasteiger partial charge in [-0.05, 0) is 41.0 Å². The Hall–Kier alpha value is -2.91. The Morgan fingerprint density at radius 2 is 1.35 bits per heavy atom. The summed E-state index contributed by atoms with van der Waals surface area (Å²) in [4.78, 5) is 12.2. The molecule has 0 aliphatic carbocycles. The molecule has 3 heteroatoms. The van der Waals surface area contributed by atoms with E-state index in [0.717, 1.165) is 26.7 Å². The number of cyclic esters (lactones) is 1. The molecule has 0 N–H and O–H groups in total. The summed E-state index contributed by atoms with van der Waals surface area (Å²) < 4.78 is 6.45. The van der Waals surface area contributed by atoms with Crippen LogP contribution in [-0.4, -0.2) is 5.97 Å².